The molecule has 0 saturated carbocycles. The lowest BCUT2D eigenvalue weighted by Gasteiger charge is -2.49. The number of hydrogen-bond acceptors (Lipinski definition) is 6. The fourth-order valence-electron chi connectivity index (χ4n) is 4.57. The van der Waals surface area contributed by atoms with E-state index in [1.54, 1.807) is 11.8 Å². The highest BCUT2D eigenvalue weighted by molar-refractivity contribution is 8.00. The van der Waals surface area contributed by atoms with E-state index >= 15 is 0 Å². The minimum absolute atomic E-state index is 0.208. The average Bonchev–Trinajstić information content (AvgIpc) is 2.98. The van der Waals surface area contributed by atoms with Gasteiger partial charge in [-0.15, -0.1) is 23.5 Å². The van der Waals surface area contributed by atoms with Crippen LogP contribution in [-0.2, 0) is 19.1 Å². The zero-order chi connectivity index (χ0) is 26.5. The molecule has 0 aromatic heterocycles. The first kappa shape index (κ1) is 26.1. The maximum absolute atomic E-state index is 13.7. The molecule has 38 heavy (non-hydrogen) atoms. The number of esters is 1. The van der Waals surface area contributed by atoms with Crippen molar-refractivity contribution in [3.63, 3.8) is 0 Å². The van der Waals surface area contributed by atoms with E-state index in [1.807, 2.05) is 97.9 Å². The lowest BCUT2D eigenvalue weighted by atomic mass is 10.00. The number of amides is 2. The number of carbonyl (C=O) groups excluding carboxylic acids is 3. The van der Waals surface area contributed by atoms with Gasteiger partial charge in [0.15, 0.2) is 6.10 Å². The number of rotatable bonds is 9. The predicted octanol–water partition coefficient (Wildman–Crippen LogP) is 5.18. The molecule has 0 radical (unpaired) electrons. The topological polar surface area (TPSA) is 75.7 Å². The van der Waals surface area contributed by atoms with Crippen molar-refractivity contribution in [3.05, 3.63) is 113 Å². The lowest BCUT2D eigenvalue weighted by molar-refractivity contribution is -0.154. The SMILES string of the molecule is CCC1=C(C(=O)OC(c2ccccc2)c2ccccc2)N2C(=O)C(NC(=O)CSc3ccccc3)[C@H]2SC1. The number of nitrogens with one attached hydrogen (secondary N) is 1. The summed E-state index contributed by atoms with van der Waals surface area (Å²) in [6, 6.07) is 28.2. The van der Waals surface area contributed by atoms with E-state index in [0.29, 0.717) is 17.9 Å². The van der Waals surface area contributed by atoms with E-state index in [2.05, 4.69) is 5.32 Å². The van der Waals surface area contributed by atoms with E-state index in [9.17, 15) is 14.4 Å². The van der Waals surface area contributed by atoms with Gasteiger partial charge in [0.05, 0.1) is 5.75 Å². The molecule has 3 aromatic rings. The standard InChI is InChI=1S/C30H28N2O4S2/c1-2-20-18-38-29-25(31-24(33)19-37-23-16-10-5-11-17-23)28(34)32(29)26(20)30(35)36-27(21-12-6-3-7-13-21)22-14-8-4-9-15-22/h3-17,25,27,29H,2,18-19H2,1H3,(H,31,33)/t25?,29-/m1/s1. The Morgan fingerprint density at radius 1 is 0.974 bits per heavy atom. The molecule has 1 saturated heterocycles. The molecule has 2 aliphatic rings. The van der Waals surface area contributed by atoms with Gasteiger partial charge in [-0.25, -0.2) is 4.79 Å². The summed E-state index contributed by atoms with van der Waals surface area (Å²) >= 11 is 2.99. The van der Waals surface area contributed by atoms with Gasteiger partial charge in [-0.05, 0) is 35.3 Å². The van der Waals surface area contributed by atoms with Gasteiger partial charge in [-0.3, -0.25) is 14.5 Å². The van der Waals surface area contributed by atoms with Crippen LogP contribution in [0.2, 0.25) is 0 Å². The Morgan fingerprint density at radius 2 is 1.55 bits per heavy atom. The van der Waals surface area contributed by atoms with Crippen molar-refractivity contribution < 1.29 is 19.1 Å². The summed E-state index contributed by atoms with van der Waals surface area (Å²) in [6.07, 6.45) is 0.0189. The van der Waals surface area contributed by atoms with Crippen molar-refractivity contribution in [2.24, 2.45) is 0 Å². The van der Waals surface area contributed by atoms with Crippen molar-refractivity contribution in [2.45, 2.75) is 35.8 Å². The van der Waals surface area contributed by atoms with Crippen molar-refractivity contribution in [1.82, 2.24) is 10.2 Å². The maximum Gasteiger partial charge on any atom is 0.356 e. The Hall–Kier alpha value is -3.49. The highest BCUT2D eigenvalue weighted by atomic mass is 32.2. The van der Waals surface area contributed by atoms with Crippen LogP contribution < -0.4 is 5.32 Å². The third kappa shape index (κ3) is 5.51. The zero-order valence-corrected chi connectivity index (χ0v) is 22.5. The molecule has 6 nitrogen and oxygen atoms in total. The van der Waals surface area contributed by atoms with E-state index in [4.69, 9.17) is 4.74 Å². The van der Waals surface area contributed by atoms with Crippen LogP contribution >= 0.6 is 23.5 Å². The first-order chi connectivity index (χ1) is 18.6. The molecule has 1 fully saturated rings. The summed E-state index contributed by atoms with van der Waals surface area (Å²) in [5.74, 6) is -0.204. The summed E-state index contributed by atoms with van der Waals surface area (Å²) in [5, 5.41) is 2.54. The van der Waals surface area contributed by atoms with Gasteiger partial charge >= 0.3 is 5.97 Å². The Morgan fingerprint density at radius 3 is 2.13 bits per heavy atom. The minimum Gasteiger partial charge on any atom is -0.448 e. The van der Waals surface area contributed by atoms with Crippen molar-refractivity contribution in [2.75, 3.05) is 11.5 Å². The molecule has 2 aliphatic heterocycles. The fraction of sp³-hybridized carbons (Fsp3) is 0.233. The molecule has 1 unspecified atom stereocenters. The van der Waals surface area contributed by atoms with Crippen LogP contribution in [0.3, 0.4) is 0 Å². The van der Waals surface area contributed by atoms with Gasteiger partial charge in [-0.2, -0.15) is 0 Å². The van der Waals surface area contributed by atoms with Gasteiger partial charge in [0, 0.05) is 10.6 Å². The van der Waals surface area contributed by atoms with Gasteiger partial charge in [0.25, 0.3) is 5.91 Å². The quantitative estimate of drug-likeness (QED) is 0.227. The molecule has 2 amide bonds. The molecule has 3 aromatic carbocycles. The Balaban J connectivity index is 1.31. The molecule has 0 aliphatic carbocycles. The third-order valence-electron chi connectivity index (χ3n) is 6.53. The molecule has 8 heteroatoms. The zero-order valence-electron chi connectivity index (χ0n) is 20.9. The monoisotopic (exact) mass is 544 g/mol. The summed E-state index contributed by atoms with van der Waals surface area (Å²) in [6.45, 7) is 1.97. The Kier molecular flexibility index (Phi) is 8.20. The molecule has 1 N–H and O–H groups in total. The average molecular weight is 545 g/mol. The third-order valence-corrected chi connectivity index (χ3v) is 8.88. The smallest absolute Gasteiger partial charge is 0.356 e. The van der Waals surface area contributed by atoms with E-state index < -0.39 is 18.1 Å². The molecular formula is C30H28N2O4S2. The summed E-state index contributed by atoms with van der Waals surface area (Å²) < 4.78 is 6.11. The predicted molar refractivity (Wildman–Crippen MR) is 150 cm³/mol. The van der Waals surface area contributed by atoms with Gasteiger partial charge < -0.3 is 10.1 Å². The molecule has 2 heterocycles. The number of hydrogen-bond donors (Lipinski definition) is 1. The maximum atomic E-state index is 13.7. The van der Waals surface area contributed by atoms with Crippen LogP contribution in [0.25, 0.3) is 0 Å². The number of carbonyl (C=O) groups is 3. The number of benzene rings is 3. The van der Waals surface area contributed by atoms with Crippen LogP contribution in [0.15, 0.2) is 107 Å². The molecule has 5 rings (SSSR count). The summed E-state index contributed by atoms with van der Waals surface area (Å²) in [5.41, 5.74) is 2.88. The molecule has 2 atom stereocenters. The van der Waals surface area contributed by atoms with E-state index in [0.717, 1.165) is 21.6 Å². The van der Waals surface area contributed by atoms with Crippen LogP contribution in [0.5, 0.6) is 0 Å². The van der Waals surface area contributed by atoms with Crippen LogP contribution in [0.4, 0.5) is 0 Å². The highest BCUT2D eigenvalue weighted by Gasteiger charge is 2.54. The first-order valence-electron chi connectivity index (χ1n) is 12.5. The highest BCUT2D eigenvalue weighted by Crippen LogP contribution is 2.42. The number of nitrogens with zero attached hydrogens (tertiary/aromatic N) is 1. The second kappa shape index (κ2) is 11.9. The molecule has 0 bridgehead atoms. The Bertz CT molecular complexity index is 1290. The summed E-state index contributed by atoms with van der Waals surface area (Å²) in [7, 11) is 0. The summed E-state index contributed by atoms with van der Waals surface area (Å²) in [4.78, 5) is 42.1. The number of fused-ring (bicyclic) bond motifs is 1. The van der Waals surface area contributed by atoms with E-state index in [1.165, 1.54) is 16.7 Å². The minimum atomic E-state index is -0.663. The normalized spacial score (nSPS) is 18.6. The van der Waals surface area contributed by atoms with Crippen LogP contribution in [0, 0.1) is 0 Å². The van der Waals surface area contributed by atoms with Gasteiger partial charge in [0.2, 0.25) is 5.91 Å². The largest absolute Gasteiger partial charge is 0.448 e. The number of ether oxygens (including phenoxy) is 1. The van der Waals surface area contributed by atoms with Crippen molar-refractivity contribution in [3.8, 4) is 0 Å². The number of β-lactam (4-membered cyclic amide) rings is 1. The lowest BCUT2D eigenvalue weighted by Crippen LogP contribution is -2.70. The van der Waals surface area contributed by atoms with Crippen molar-refractivity contribution in [1.29, 1.82) is 0 Å². The fourth-order valence-corrected chi connectivity index (χ4v) is 6.75. The van der Waals surface area contributed by atoms with Crippen LogP contribution in [-0.4, -0.2) is 45.6 Å². The van der Waals surface area contributed by atoms with E-state index in [-0.39, 0.29) is 22.9 Å². The first-order valence-corrected chi connectivity index (χ1v) is 14.5. The van der Waals surface area contributed by atoms with Crippen LogP contribution in [0.1, 0.15) is 30.6 Å². The second-order valence-corrected chi connectivity index (χ2v) is 11.1. The van der Waals surface area contributed by atoms with Crippen molar-refractivity contribution >= 4 is 41.3 Å². The molecular weight excluding hydrogens is 516 g/mol. The molecule has 194 valence electrons. The molecule has 0 spiro atoms. The Labute approximate surface area is 230 Å². The van der Waals surface area contributed by atoms with Gasteiger partial charge in [0.1, 0.15) is 17.1 Å². The number of thioether (sulfide) groups is 2. The second-order valence-electron chi connectivity index (χ2n) is 8.97. The van der Waals surface area contributed by atoms with Gasteiger partial charge in [-0.1, -0.05) is 85.8 Å².